The number of nitrogens with one attached hydrogen (secondary N) is 1. The third kappa shape index (κ3) is 3.88. The van der Waals surface area contributed by atoms with E-state index in [9.17, 15) is 14.7 Å². The van der Waals surface area contributed by atoms with Crippen LogP contribution in [0.3, 0.4) is 0 Å². The number of Topliss-reactive ketones (excluding diaryl/α,β-unsaturated/α-hetero) is 1. The van der Waals surface area contributed by atoms with Crippen molar-refractivity contribution in [2.75, 3.05) is 6.54 Å². The second-order valence-corrected chi connectivity index (χ2v) is 8.44. The van der Waals surface area contributed by atoms with Gasteiger partial charge in [0.1, 0.15) is 30.0 Å². The van der Waals surface area contributed by atoms with Crippen LogP contribution in [0.25, 0.3) is 5.76 Å². The number of ketones is 1. The Balaban J connectivity index is 1.51. The zero-order valence-electron chi connectivity index (χ0n) is 18.3. The molecule has 2 aromatic heterocycles. The van der Waals surface area contributed by atoms with Gasteiger partial charge in [0, 0.05) is 37.3 Å². The number of nitrogens with zero attached hydrogens (tertiary/aromatic N) is 3. The van der Waals surface area contributed by atoms with Gasteiger partial charge in [-0.05, 0) is 42.3 Å². The lowest BCUT2D eigenvalue weighted by atomic mass is 9.95. The van der Waals surface area contributed by atoms with E-state index in [1.165, 1.54) is 4.90 Å². The van der Waals surface area contributed by atoms with E-state index in [0.29, 0.717) is 30.6 Å². The summed E-state index contributed by atoms with van der Waals surface area (Å²) >= 11 is 0. The molecule has 5 rings (SSSR count). The van der Waals surface area contributed by atoms with Gasteiger partial charge in [-0.3, -0.25) is 19.6 Å². The highest BCUT2D eigenvalue weighted by molar-refractivity contribution is 6.46. The first kappa shape index (κ1) is 20.9. The van der Waals surface area contributed by atoms with E-state index in [1.807, 2.05) is 42.3 Å². The van der Waals surface area contributed by atoms with Crippen molar-refractivity contribution in [1.29, 1.82) is 0 Å². The number of aromatic nitrogens is 3. The molecule has 3 aromatic rings. The Hall–Kier alpha value is -3.94. The Labute approximate surface area is 191 Å². The zero-order valence-corrected chi connectivity index (χ0v) is 18.3. The average Bonchev–Trinajstić information content (AvgIpc) is 3.53. The maximum Gasteiger partial charge on any atom is 0.295 e. The van der Waals surface area contributed by atoms with Gasteiger partial charge in [0.15, 0.2) is 0 Å². The maximum atomic E-state index is 13.1. The molecule has 1 fully saturated rings. The minimum atomic E-state index is -0.696. The lowest BCUT2D eigenvalue weighted by Crippen LogP contribution is -2.36. The summed E-state index contributed by atoms with van der Waals surface area (Å²) in [6, 6.07) is 8.25. The van der Waals surface area contributed by atoms with Crippen LogP contribution in [0.4, 0.5) is 0 Å². The number of aliphatic hydroxyl groups is 1. The molecule has 2 aliphatic rings. The zero-order chi connectivity index (χ0) is 22.9. The number of aliphatic hydroxyl groups excluding tert-OH is 1. The fraction of sp³-hybridized carbons (Fsp3) is 0.280. The predicted molar refractivity (Wildman–Crippen MR) is 119 cm³/mol. The first-order valence-corrected chi connectivity index (χ1v) is 11.0. The summed E-state index contributed by atoms with van der Waals surface area (Å²) in [4.78, 5) is 34.9. The first-order valence-electron chi connectivity index (χ1n) is 11.0. The summed E-state index contributed by atoms with van der Waals surface area (Å²) < 4.78 is 7.72. The van der Waals surface area contributed by atoms with Gasteiger partial charge in [0.25, 0.3) is 11.7 Å². The monoisotopic (exact) mass is 445 g/mol. The van der Waals surface area contributed by atoms with Crippen LogP contribution in [0.5, 0.6) is 5.75 Å². The van der Waals surface area contributed by atoms with Gasteiger partial charge in [-0.25, -0.2) is 4.57 Å². The van der Waals surface area contributed by atoms with Crippen LogP contribution in [0.1, 0.15) is 36.1 Å². The van der Waals surface area contributed by atoms with Gasteiger partial charge in [0.2, 0.25) is 6.33 Å². The normalized spacial score (nSPS) is 21.3. The number of carbonyl (C=O) groups excluding carboxylic acids is 2. The molecule has 0 aliphatic carbocycles. The van der Waals surface area contributed by atoms with Crippen LogP contribution in [0.15, 0.2) is 67.0 Å². The number of rotatable bonds is 6. The van der Waals surface area contributed by atoms with E-state index in [2.05, 4.69) is 9.97 Å². The molecule has 2 aliphatic heterocycles. The molecule has 4 heterocycles. The van der Waals surface area contributed by atoms with Crippen molar-refractivity contribution in [1.82, 2.24) is 14.9 Å². The summed E-state index contributed by atoms with van der Waals surface area (Å²) in [6.07, 6.45) is 10.3. The largest absolute Gasteiger partial charge is 0.507 e. The first-order chi connectivity index (χ1) is 16.0. The van der Waals surface area contributed by atoms with Crippen LogP contribution in [0, 0.1) is 0 Å². The van der Waals surface area contributed by atoms with Crippen LogP contribution >= 0.6 is 0 Å². The van der Waals surface area contributed by atoms with E-state index in [4.69, 9.17) is 4.74 Å². The Kier molecular flexibility index (Phi) is 5.42. The molecule has 2 unspecified atom stereocenters. The molecule has 168 valence electrons. The van der Waals surface area contributed by atoms with Crippen molar-refractivity contribution in [3.05, 3.63) is 83.7 Å². The van der Waals surface area contributed by atoms with Crippen molar-refractivity contribution in [2.45, 2.75) is 38.5 Å². The second kappa shape index (κ2) is 8.54. The van der Waals surface area contributed by atoms with Gasteiger partial charge in [-0.15, -0.1) is 0 Å². The molecular formula is C25H25N4O4+. The number of imidazole rings is 1. The minimum Gasteiger partial charge on any atom is -0.507 e. The number of H-pyrrole nitrogens is 1. The molecule has 8 heteroatoms. The minimum absolute atomic E-state index is 0.0660. The fourth-order valence-electron chi connectivity index (χ4n) is 4.60. The molecule has 1 aromatic carbocycles. The van der Waals surface area contributed by atoms with Crippen LogP contribution in [-0.2, 0) is 22.6 Å². The van der Waals surface area contributed by atoms with Gasteiger partial charge >= 0.3 is 0 Å². The quantitative estimate of drug-likeness (QED) is 0.263. The number of aromatic amines is 1. The van der Waals surface area contributed by atoms with Gasteiger partial charge in [-0.1, -0.05) is 6.07 Å². The molecule has 1 amide bonds. The summed E-state index contributed by atoms with van der Waals surface area (Å²) in [5, 5.41) is 11.2. The number of pyridine rings is 1. The molecule has 33 heavy (non-hydrogen) atoms. The summed E-state index contributed by atoms with van der Waals surface area (Å²) in [7, 11) is 0. The molecular weight excluding hydrogens is 420 g/mol. The number of ether oxygens (including phenoxy) is 1. The molecule has 0 bridgehead atoms. The number of likely N-dealkylation sites (tertiary alicyclic amines) is 1. The predicted octanol–water partition coefficient (Wildman–Crippen LogP) is 2.53. The van der Waals surface area contributed by atoms with Crippen molar-refractivity contribution < 1.29 is 24.0 Å². The Bertz CT molecular complexity index is 1220. The third-order valence-electron chi connectivity index (χ3n) is 6.13. The Morgan fingerprint density at radius 2 is 2.21 bits per heavy atom. The SMILES string of the molecule is CC1Cc2cc(/C(O)=C3\C(=O)C(=O)N(CCC[n+]4cc[nH]c4)C3c3cccnc3)ccc2O1. The van der Waals surface area contributed by atoms with E-state index in [-0.39, 0.29) is 17.4 Å². The molecule has 0 spiro atoms. The van der Waals surface area contributed by atoms with E-state index >= 15 is 0 Å². The number of amides is 1. The van der Waals surface area contributed by atoms with Gasteiger partial charge in [0.05, 0.1) is 18.2 Å². The van der Waals surface area contributed by atoms with Crippen molar-refractivity contribution in [2.24, 2.45) is 0 Å². The second-order valence-electron chi connectivity index (χ2n) is 8.44. The standard InChI is InChI=1S/C25H24N4O4/c1-16-12-19-13-17(5-6-20(19)33-16)23(30)21-22(18-4-2-7-26-14-18)29(25(32)24(21)31)10-3-9-28-11-8-27-15-28/h2,4-8,11,13-16,22H,3,9-10,12H2,1H3,(H,30,31)/p+1. The van der Waals surface area contributed by atoms with Gasteiger partial charge in [-0.2, -0.15) is 0 Å². The lowest BCUT2D eigenvalue weighted by Gasteiger charge is -2.24. The van der Waals surface area contributed by atoms with Crippen molar-refractivity contribution >= 4 is 17.4 Å². The highest BCUT2D eigenvalue weighted by atomic mass is 16.5. The topological polar surface area (TPSA) is 99.4 Å². The van der Waals surface area contributed by atoms with E-state index in [0.717, 1.165) is 17.7 Å². The molecule has 8 nitrogen and oxygen atoms in total. The van der Waals surface area contributed by atoms with Crippen LogP contribution in [0.2, 0.25) is 0 Å². The van der Waals surface area contributed by atoms with Gasteiger partial charge < -0.3 is 14.7 Å². The average molecular weight is 445 g/mol. The molecule has 2 N–H and O–H groups in total. The van der Waals surface area contributed by atoms with Crippen LogP contribution in [-0.4, -0.2) is 44.3 Å². The number of fused-ring (bicyclic) bond motifs is 1. The number of carbonyl (C=O) groups is 2. The summed E-state index contributed by atoms with van der Waals surface area (Å²) in [5.74, 6) is -0.680. The highest BCUT2D eigenvalue weighted by Crippen LogP contribution is 2.40. The molecule has 2 atom stereocenters. The van der Waals surface area contributed by atoms with E-state index in [1.54, 1.807) is 30.6 Å². The lowest BCUT2D eigenvalue weighted by molar-refractivity contribution is -0.695. The number of aryl methyl sites for hydroxylation is 1. The highest BCUT2D eigenvalue weighted by Gasteiger charge is 2.46. The maximum absolute atomic E-state index is 13.1. The Morgan fingerprint density at radius 3 is 2.97 bits per heavy atom. The third-order valence-corrected chi connectivity index (χ3v) is 6.13. The van der Waals surface area contributed by atoms with Crippen LogP contribution < -0.4 is 9.30 Å². The smallest absolute Gasteiger partial charge is 0.295 e. The summed E-state index contributed by atoms with van der Waals surface area (Å²) in [5.41, 5.74) is 2.25. The fourth-order valence-corrected chi connectivity index (χ4v) is 4.60. The number of hydrogen-bond donors (Lipinski definition) is 2. The number of benzene rings is 1. The molecule has 0 radical (unpaired) electrons. The number of hydrogen-bond acceptors (Lipinski definition) is 5. The molecule has 0 saturated carbocycles. The van der Waals surface area contributed by atoms with Crippen molar-refractivity contribution in [3.63, 3.8) is 0 Å². The Morgan fingerprint density at radius 1 is 1.33 bits per heavy atom. The van der Waals surface area contributed by atoms with Crippen molar-refractivity contribution in [3.8, 4) is 5.75 Å². The summed E-state index contributed by atoms with van der Waals surface area (Å²) in [6.45, 7) is 3.04. The van der Waals surface area contributed by atoms with E-state index < -0.39 is 17.7 Å². The molecule has 1 saturated heterocycles.